The molecule has 8 heteroatoms. The molecule has 3 rings (SSSR count). The first-order chi connectivity index (χ1) is 12.1. The van der Waals surface area contributed by atoms with Crippen LogP contribution in [0.25, 0.3) is 11.0 Å². The standard InChI is InChI=1S/C17H24N6O2/c1-2-6-20-17(25)11-4-3-8-23(10-11)22-14-12-5-7-19-16(12)21-9-13(14)15(18)24/h5,7,9,11H,2-4,6,8,10H2,1H3,(H2,18,24)(H,20,25)(H2,19,21,22)/t11-/m0/s1. The number of hydrogen-bond acceptors (Lipinski definition) is 5. The number of hydrogen-bond donors (Lipinski definition) is 4. The van der Waals surface area contributed by atoms with E-state index in [1.807, 2.05) is 18.0 Å². The van der Waals surface area contributed by atoms with Gasteiger partial charge in [-0.25, -0.2) is 9.99 Å². The molecule has 1 aliphatic rings. The molecular formula is C17H24N6O2. The predicted molar refractivity (Wildman–Crippen MR) is 95.8 cm³/mol. The van der Waals surface area contributed by atoms with Crippen LogP contribution in [0.4, 0.5) is 5.69 Å². The lowest BCUT2D eigenvalue weighted by atomic mass is 9.98. The molecular weight excluding hydrogens is 320 g/mol. The Morgan fingerprint density at radius 3 is 3.08 bits per heavy atom. The smallest absolute Gasteiger partial charge is 0.252 e. The number of piperidine rings is 1. The van der Waals surface area contributed by atoms with Crippen LogP contribution < -0.4 is 16.5 Å². The van der Waals surface area contributed by atoms with Crippen LogP contribution in [0.5, 0.6) is 0 Å². The number of rotatable bonds is 6. The molecule has 0 unspecified atom stereocenters. The van der Waals surface area contributed by atoms with Crippen molar-refractivity contribution < 1.29 is 9.59 Å². The Labute approximate surface area is 146 Å². The Balaban J connectivity index is 1.78. The minimum atomic E-state index is -0.535. The SMILES string of the molecule is CCCNC(=O)[C@H]1CCCN(Nc2c(C(N)=O)cnc3[nH]ccc23)C1. The normalized spacial score (nSPS) is 18.2. The minimum absolute atomic E-state index is 0.0617. The van der Waals surface area contributed by atoms with Crippen molar-refractivity contribution in [3.05, 3.63) is 24.0 Å². The van der Waals surface area contributed by atoms with Gasteiger partial charge in [-0.2, -0.15) is 0 Å². The number of nitrogens with one attached hydrogen (secondary N) is 3. The van der Waals surface area contributed by atoms with Gasteiger partial charge in [-0.05, 0) is 25.3 Å². The summed E-state index contributed by atoms with van der Waals surface area (Å²) in [6.45, 7) is 4.11. The van der Waals surface area contributed by atoms with Crippen molar-refractivity contribution in [2.75, 3.05) is 25.1 Å². The van der Waals surface area contributed by atoms with E-state index in [2.05, 4.69) is 20.7 Å². The number of carbonyl (C=O) groups is 2. The maximum atomic E-state index is 12.2. The average Bonchev–Trinajstić information content (AvgIpc) is 3.09. The van der Waals surface area contributed by atoms with Gasteiger partial charge in [-0.15, -0.1) is 0 Å². The molecule has 5 N–H and O–H groups in total. The third kappa shape index (κ3) is 3.74. The maximum Gasteiger partial charge on any atom is 0.252 e. The third-order valence-corrected chi connectivity index (χ3v) is 4.46. The van der Waals surface area contributed by atoms with E-state index in [1.165, 1.54) is 6.20 Å². The quantitative estimate of drug-likeness (QED) is 0.629. The van der Waals surface area contributed by atoms with Crippen molar-refractivity contribution in [2.24, 2.45) is 11.7 Å². The van der Waals surface area contributed by atoms with Gasteiger partial charge in [0.25, 0.3) is 5.91 Å². The molecule has 25 heavy (non-hydrogen) atoms. The number of pyridine rings is 1. The number of nitrogens with two attached hydrogens (primary N) is 1. The maximum absolute atomic E-state index is 12.2. The van der Waals surface area contributed by atoms with Gasteiger partial charge in [0.1, 0.15) is 5.65 Å². The first-order valence-corrected chi connectivity index (χ1v) is 8.65. The second-order valence-corrected chi connectivity index (χ2v) is 6.34. The second kappa shape index (κ2) is 7.52. The summed E-state index contributed by atoms with van der Waals surface area (Å²) in [6.07, 6.45) is 5.94. The van der Waals surface area contributed by atoms with Crippen LogP contribution in [-0.2, 0) is 4.79 Å². The van der Waals surface area contributed by atoms with Crippen molar-refractivity contribution in [3.63, 3.8) is 0 Å². The third-order valence-electron chi connectivity index (χ3n) is 4.46. The number of anilines is 1. The number of primary amides is 1. The van der Waals surface area contributed by atoms with Crippen LogP contribution in [-0.4, -0.2) is 46.4 Å². The van der Waals surface area contributed by atoms with Crippen molar-refractivity contribution >= 4 is 28.5 Å². The van der Waals surface area contributed by atoms with Crippen LogP contribution >= 0.6 is 0 Å². The Bertz CT molecular complexity index is 772. The van der Waals surface area contributed by atoms with E-state index in [0.29, 0.717) is 30.0 Å². The number of carbonyl (C=O) groups excluding carboxylic acids is 2. The van der Waals surface area contributed by atoms with Crippen molar-refractivity contribution in [1.29, 1.82) is 0 Å². The molecule has 0 spiro atoms. The van der Waals surface area contributed by atoms with E-state index < -0.39 is 5.91 Å². The Hall–Kier alpha value is -2.61. The molecule has 1 saturated heterocycles. The largest absolute Gasteiger partial charge is 0.365 e. The van der Waals surface area contributed by atoms with Crippen LogP contribution in [0.2, 0.25) is 0 Å². The molecule has 8 nitrogen and oxygen atoms in total. The summed E-state index contributed by atoms with van der Waals surface area (Å²) in [7, 11) is 0. The summed E-state index contributed by atoms with van der Waals surface area (Å²) in [6, 6.07) is 1.85. The monoisotopic (exact) mass is 344 g/mol. The summed E-state index contributed by atoms with van der Waals surface area (Å²) < 4.78 is 0. The highest BCUT2D eigenvalue weighted by molar-refractivity contribution is 6.05. The number of nitrogens with zero attached hydrogens (tertiary/aromatic N) is 2. The molecule has 3 heterocycles. The fraction of sp³-hybridized carbons (Fsp3) is 0.471. The predicted octanol–water partition coefficient (Wildman–Crippen LogP) is 1.23. The van der Waals surface area contributed by atoms with Crippen LogP contribution in [0.15, 0.2) is 18.5 Å². The number of fused-ring (bicyclic) bond motifs is 1. The molecule has 1 fully saturated rings. The van der Waals surface area contributed by atoms with E-state index in [1.54, 1.807) is 6.20 Å². The highest BCUT2D eigenvalue weighted by Crippen LogP contribution is 2.27. The molecule has 134 valence electrons. The summed E-state index contributed by atoms with van der Waals surface area (Å²) in [5.74, 6) is -0.509. The van der Waals surface area contributed by atoms with E-state index in [-0.39, 0.29) is 11.8 Å². The lowest BCUT2D eigenvalue weighted by molar-refractivity contribution is -0.126. The fourth-order valence-corrected chi connectivity index (χ4v) is 3.16. The average molecular weight is 344 g/mol. The molecule has 0 bridgehead atoms. The summed E-state index contributed by atoms with van der Waals surface area (Å²) in [5.41, 5.74) is 10.4. The zero-order valence-electron chi connectivity index (χ0n) is 14.3. The molecule has 0 radical (unpaired) electrons. The number of amides is 2. The molecule has 1 aliphatic heterocycles. The first kappa shape index (κ1) is 17.2. The highest BCUT2D eigenvalue weighted by atomic mass is 16.2. The molecule has 1 atom stereocenters. The Morgan fingerprint density at radius 1 is 1.48 bits per heavy atom. The molecule has 0 aliphatic carbocycles. The molecule has 0 aromatic carbocycles. The minimum Gasteiger partial charge on any atom is -0.365 e. The summed E-state index contributed by atoms with van der Waals surface area (Å²) in [4.78, 5) is 31.3. The number of aromatic amines is 1. The molecule has 2 aromatic rings. The second-order valence-electron chi connectivity index (χ2n) is 6.34. The van der Waals surface area contributed by atoms with E-state index in [9.17, 15) is 9.59 Å². The van der Waals surface area contributed by atoms with Gasteiger partial charge in [-0.3, -0.25) is 9.59 Å². The zero-order valence-corrected chi connectivity index (χ0v) is 14.3. The first-order valence-electron chi connectivity index (χ1n) is 8.65. The van der Waals surface area contributed by atoms with Crippen LogP contribution in [0.3, 0.4) is 0 Å². The van der Waals surface area contributed by atoms with Gasteiger partial charge >= 0.3 is 0 Å². The van der Waals surface area contributed by atoms with Gasteiger partial charge < -0.3 is 21.5 Å². The van der Waals surface area contributed by atoms with Crippen LogP contribution in [0.1, 0.15) is 36.5 Å². The number of H-pyrrole nitrogens is 1. The molecule has 2 aromatic heterocycles. The number of hydrazine groups is 1. The lowest BCUT2D eigenvalue weighted by Crippen LogP contribution is -2.45. The Morgan fingerprint density at radius 2 is 2.32 bits per heavy atom. The van der Waals surface area contributed by atoms with Crippen molar-refractivity contribution in [2.45, 2.75) is 26.2 Å². The topological polar surface area (TPSA) is 116 Å². The fourth-order valence-electron chi connectivity index (χ4n) is 3.16. The molecule has 2 amide bonds. The van der Waals surface area contributed by atoms with Gasteiger partial charge in [0.05, 0.1) is 17.2 Å². The highest BCUT2D eigenvalue weighted by Gasteiger charge is 2.26. The Kier molecular flexibility index (Phi) is 5.18. The van der Waals surface area contributed by atoms with E-state index in [4.69, 9.17) is 5.73 Å². The van der Waals surface area contributed by atoms with Gasteiger partial charge in [0.15, 0.2) is 0 Å². The van der Waals surface area contributed by atoms with Gasteiger partial charge in [-0.1, -0.05) is 6.92 Å². The molecule has 0 saturated carbocycles. The zero-order chi connectivity index (χ0) is 17.8. The number of aromatic nitrogens is 2. The summed E-state index contributed by atoms with van der Waals surface area (Å²) >= 11 is 0. The van der Waals surface area contributed by atoms with Crippen molar-refractivity contribution in [1.82, 2.24) is 20.3 Å². The van der Waals surface area contributed by atoms with Gasteiger partial charge in [0.2, 0.25) is 5.91 Å². The lowest BCUT2D eigenvalue weighted by Gasteiger charge is -2.33. The van der Waals surface area contributed by atoms with E-state index in [0.717, 1.165) is 31.2 Å². The van der Waals surface area contributed by atoms with E-state index >= 15 is 0 Å². The van der Waals surface area contributed by atoms with Crippen molar-refractivity contribution in [3.8, 4) is 0 Å². The van der Waals surface area contributed by atoms with Gasteiger partial charge in [0, 0.05) is 37.4 Å². The van der Waals surface area contributed by atoms with Crippen LogP contribution in [0, 0.1) is 5.92 Å². The summed E-state index contributed by atoms with van der Waals surface area (Å²) in [5, 5.41) is 5.74.